The largest absolute Gasteiger partial charge is 0.368 e. The highest BCUT2D eigenvalue weighted by atomic mass is 16.2. The minimum Gasteiger partial charge on any atom is -0.368 e. The number of aromatic amines is 1. The summed E-state index contributed by atoms with van der Waals surface area (Å²) in [6, 6.07) is 3.43. The first-order chi connectivity index (χ1) is 7.29. The van der Waals surface area contributed by atoms with Gasteiger partial charge in [-0.3, -0.25) is 5.43 Å². The molecule has 84 valence electrons. The van der Waals surface area contributed by atoms with Gasteiger partial charge in [0, 0.05) is 25.5 Å². The van der Waals surface area contributed by atoms with Crippen LogP contribution in [0.5, 0.6) is 0 Å². The van der Waals surface area contributed by atoms with Gasteiger partial charge in [-0.1, -0.05) is 6.42 Å². The first-order valence-corrected chi connectivity index (χ1v) is 5.18. The van der Waals surface area contributed by atoms with Crippen LogP contribution in [0.15, 0.2) is 24.5 Å². The predicted octanol–water partition coefficient (Wildman–Crippen LogP) is 1.07. The third-order valence-corrected chi connectivity index (χ3v) is 2.12. The number of piperidine rings is 1. The number of nitrogens with one attached hydrogen (secondary N) is 2. The first-order valence-electron chi connectivity index (χ1n) is 5.18. The van der Waals surface area contributed by atoms with Crippen molar-refractivity contribution in [3.63, 3.8) is 0 Å². The van der Waals surface area contributed by atoms with Crippen LogP contribution >= 0.6 is 0 Å². The Morgan fingerprint density at radius 1 is 1.20 bits per heavy atom. The molecule has 15 heavy (non-hydrogen) atoms. The summed E-state index contributed by atoms with van der Waals surface area (Å²) in [7, 11) is 0. The molecule has 1 aromatic heterocycles. The summed E-state index contributed by atoms with van der Waals surface area (Å²) in [6.07, 6.45) is 7.32. The lowest BCUT2D eigenvalue weighted by atomic mass is 10.2. The van der Waals surface area contributed by atoms with Gasteiger partial charge in [-0.15, -0.1) is 0 Å². The van der Waals surface area contributed by atoms with Gasteiger partial charge in [0.25, 0.3) is 0 Å². The fourth-order valence-electron chi connectivity index (χ4n) is 1.44. The predicted molar refractivity (Wildman–Crippen MR) is 58.9 cm³/mol. The number of carbonyl (C=O) groups is 1. The summed E-state index contributed by atoms with van der Waals surface area (Å²) in [4.78, 5) is 13.2. The van der Waals surface area contributed by atoms with Crippen LogP contribution in [0.25, 0.3) is 0 Å². The number of urea groups is 1. The molecule has 0 atom stereocenters. The van der Waals surface area contributed by atoms with Crippen LogP contribution in [0.1, 0.15) is 19.3 Å². The lowest BCUT2D eigenvalue weighted by Gasteiger charge is -2.25. The topological polar surface area (TPSA) is 74.2 Å². The Morgan fingerprint density at radius 3 is 2.20 bits per heavy atom. The minimum atomic E-state index is -0.457. The van der Waals surface area contributed by atoms with Gasteiger partial charge in [-0.25, -0.2) is 9.80 Å². The molecule has 1 aromatic rings. The molecule has 1 fully saturated rings. The molecule has 0 aromatic carbocycles. The third-order valence-electron chi connectivity index (χ3n) is 2.12. The number of aromatic nitrogens is 1. The minimum absolute atomic E-state index is 0.457. The number of nitrogens with two attached hydrogens (primary N) is 1. The van der Waals surface area contributed by atoms with E-state index in [0.29, 0.717) is 0 Å². The molecule has 2 heterocycles. The number of nitrogens with zero attached hydrogens (tertiary/aromatic N) is 1. The van der Waals surface area contributed by atoms with Crippen molar-refractivity contribution in [1.82, 2.24) is 15.4 Å². The van der Waals surface area contributed by atoms with E-state index in [9.17, 15) is 4.79 Å². The lowest BCUT2D eigenvalue weighted by molar-refractivity contribution is 0.160. The van der Waals surface area contributed by atoms with Crippen LogP contribution in [0, 0.1) is 0 Å². The fourth-order valence-corrected chi connectivity index (χ4v) is 1.44. The van der Waals surface area contributed by atoms with E-state index >= 15 is 0 Å². The van der Waals surface area contributed by atoms with Crippen molar-refractivity contribution < 1.29 is 4.79 Å². The summed E-state index contributed by atoms with van der Waals surface area (Å²) in [6.45, 7) is 1.87. The normalized spacial score (nSPS) is 16.3. The zero-order chi connectivity index (χ0) is 10.9. The van der Waals surface area contributed by atoms with Crippen LogP contribution in [-0.4, -0.2) is 29.1 Å². The Bertz CT molecular complexity index is 237. The van der Waals surface area contributed by atoms with Crippen LogP contribution in [0.3, 0.4) is 0 Å². The molecular weight excluding hydrogens is 192 g/mol. The standard InChI is InChI=1S/C6H13N3O.C4H5N/c7-6(10)8-9-4-2-1-3-5-9;1-2-4-5-3-1/h1-5H2,(H3,7,8,10);1-5H. The van der Waals surface area contributed by atoms with Crippen molar-refractivity contribution in [3.05, 3.63) is 24.5 Å². The number of H-pyrrole nitrogens is 1. The lowest BCUT2D eigenvalue weighted by Crippen LogP contribution is -2.47. The van der Waals surface area contributed by atoms with Crippen LogP contribution in [-0.2, 0) is 0 Å². The van der Waals surface area contributed by atoms with Crippen molar-refractivity contribution >= 4 is 6.03 Å². The second-order valence-corrected chi connectivity index (χ2v) is 3.41. The Morgan fingerprint density at radius 2 is 1.80 bits per heavy atom. The monoisotopic (exact) mass is 210 g/mol. The number of hydrazine groups is 1. The maximum absolute atomic E-state index is 10.3. The van der Waals surface area contributed by atoms with Gasteiger partial charge in [-0.2, -0.15) is 0 Å². The zero-order valence-electron chi connectivity index (χ0n) is 8.78. The van der Waals surface area contributed by atoms with Gasteiger partial charge in [0.15, 0.2) is 0 Å². The van der Waals surface area contributed by atoms with Crippen molar-refractivity contribution in [2.24, 2.45) is 5.73 Å². The van der Waals surface area contributed by atoms with Gasteiger partial charge >= 0.3 is 6.03 Å². The Hall–Kier alpha value is -1.49. The quantitative estimate of drug-likeness (QED) is 0.648. The second-order valence-electron chi connectivity index (χ2n) is 3.41. The van der Waals surface area contributed by atoms with Gasteiger partial charge in [0.05, 0.1) is 0 Å². The van der Waals surface area contributed by atoms with Crippen molar-refractivity contribution in [2.75, 3.05) is 13.1 Å². The highest BCUT2D eigenvalue weighted by Crippen LogP contribution is 2.05. The highest BCUT2D eigenvalue weighted by molar-refractivity contribution is 5.70. The Labute approximate surface area is 89.6 Å². The number of carbonyl (C=O) groups excluding carboxylic acids is 1. The van der Waals surface area contributed by atoms with Crippen molar-refractivity contribution in [1.29, 1.82) is 0 Å². The molecule has 0 spiro atoms. The summed E-state index contributed by atoms with van der Waals surface area (Å²) in [5, 5.41) is 1.87. The molecular formula is C10H18N4O. The molecule has 1 aliphatic rings. The second kappa shape index (κ2) is 6.89. The average Bonchev–Trinajstić information content (AvgIpc) is 2.76. The van der Waals surface area contributed by atoms with E-state index in [1.807, 2.05) is 29.5 Å². The van der Waals surface area contributed by atoms with E-state index in [0.717, 1.165) is 25.9 Å². The van der Waals surface area contributed by atoms with Crippen molar-refractivity contribution in [2.45, 2.75) is 19.3 Å². The maximum Gasteiger partial charge on any atom is 0.326 e. The first kappa shape index (κ1) is 11.6. The zero-order valence-corrected chi connectivity index (χ0v) is 8.78. The van der Waals surface area contributed by atoms with Crippen LogP contribution in [0.2, 0.25) is 0 Å². The maximum atomic E-state index is 10.3. The fraction of sp³-hybridized carbons (Fsp3) is 0.500. The molecule has 0 saturated carbocycles. The Kier molecular flexibility index (Phi) is 5.32. The van der Waals surface area contributed by atoms with Gasteiger partial charge < -0.3 is 10.7 Å². The Balaban J connectivity index is 0.000000187. The van der Waals surface area contributed by atoms with Crippen LogP contribution < -0.4 is 11.2 Å². The number of rotatable bonds is 1. The summed E-state index contributed by atoms with van der Waals surface area (Å²) < 4.78 is 0. The van der Waals surface area contributed by atoms with E-state index in [4.69, 9.17) is 5.73 Å². The summed E-state index contributed by atoms with van der Waals surface area (Å²) >= 11 is 0. The molecule has 0 aliphatic carbocycles. The number of hydrogen-bond donors (Lipinski definition) is 3. The van der Waals surface area contributed by atoms with Gasteiger partial charge in [0.2, 0.25) is 0 Å². The number of amides is 2. The van der Waals surface area contributed by atoms with E-state index in [-0.39, 0.29) is 0 Å². The molecule has 4 N–H and O–H groups in total. The molecule has 1 saturated heterocycles. The van der Waals surface area contributed by atoms with Crippen molar-refractivity contribution in [3.8, 4) is 0 Å². The third kappa shape index (κ3) is 5.74. The van der Waals surface area contributed by atoms with Crippen LogP contribution in [0.4, 0.5) is 4.79 Å². The molecule has 5 heteroatoms. The SMILES string of the molecule is NC(=O)NN1CCCCC1.c1cc[nH]c1. The molecule has 0 bridgehead atoms. The highest BCUT2D eigenvalue weighted by Gasteiger charge is 2.09. The number of primary amides is 1. The molecule has 5 nitrogen and oxygen atoms in total. The average molecular weight is 210 g/mol. The molecule has 1 aliphatic heterocycles. The van der Waals surface area contributed by atoms with Gasteiger partial charge in [-0.05, 0) is 25.0 Å². The van der Waals surface area contributed by atoms with E-state index < -0.39 is 6.03 Å². The smallest absolute Gasteiger partial charge is 0.326 e. The molecule has 2 amide bonds. The molecule has 2 rings (SSSR count). The van der Waals surface area contributed by atoms with Gasteiger partial charge in [0.1, 0.15) is 0 Å². The number of hydrogen-bond acceptors (Lipinski definition) is 2. The van der Waals surface area contributed by atoms with E-state index in [1.54, 1.807) is 0 Å². The molecule has 0 unspecified atom stereocenters. The molecule has 0 radical (unpaired) electrons. The summed E-state index contributed by atoms with van der Waals surface area (Å²) in [5.41, 5.74) is 7.49. The van der Waals surface area contributed by atoms with E-state index in [2.05, 4.69) is 10.4 Å². The van der Waals surface area contributed by atoms with E-state index in [1.165, 1.54) is 6.42 Å². The summed E-state index contributed by atoms with van der Waals surface area (Å²) in [5.74, 6) is 0.